The highest BCUT2D eigenvalue weighted by Crippen LogP contribution is 2.40. The number of phenolic OH excluding ortho intramolecular Hbond substituents is 1. The van der Waals surface area contributed by atoms with Crippen molar-refractivity contribution in [3.8, 4) is 29.0 Å². The monoisotopic (exact) mass is 1060 g/mol. The first kappa shape index (κ1) is 53.0. The molecule has 2 amide bonds. The van der Waals surface area contributed by atoms with Crippen LogP contribution in [0.25, 0.3) is 11.3 Å². The lowest BCUT2D eigenvalue weighted by Crippen LogP contribution is -2.61. The second-order valence-corrected chi connectivity index (χ2v) is 23.0. The molecule has 412 valence electrons. The minimum absolute atomic E-state index is 0.0646. The second-order valence-electron chi connectivity index (χ2n) is 23.0. The number of amides is 2. The summed E-state index contributed by atoms with van der Waals surface area (Å²) in [4.78, 5) is 43.8. The quantitative estimate of drug-likeness (QED) is 0.0793. The number of ether oxygens (including phenoxy) is 2. The molecule has 6 atom stereocenters. The molecule has 5 aliphatic heterocycles. The van der Waals surface area contributed by atoms with Gasteiger partial charge in [0.2, 0.25) is 17.7 Å². The lowest BCUT2D eigenvalue weighted by Gasteiger charge is -2.52. The Labute approximate surface area is 456 Å². The SMILES string of the molecule is CC(C)[C@@H](C(=O)N1C[C@H](O)C[C@H]1C(=O)N[C@@H](C)c1ccc(C#N)cc1)c1cc(N2CCC(CN3CCC(OC4CC(Oc5cc(N6C7CCC[C@@H]6CN(c6cc(-c8ccccc8O)nnc6N)C7)ccn5)C4)CC3)CC2)no1. The van der Waals surface area contributed by atoms with Crippen LogP contribution in [0.1, 0.15) is 114 Å². The van der Waals surface area contributed by atoms with Crippen LogP contribution in [0, 0.1) is 23.2 Å². The Morgan fingerprint density at radius 2 is 1.60 bits per heavy atom. The van der Waals surface area contributed by atoms with Gasteiger partial charge in [-0.15, -0.1) is 10.2 Å². The van der Waals surface area contributed by atoms with Gasteiger partial charge < -0.3 is 59.8 Å². The second kappa shape index (κ2) is 23.1. The number of hydrogen-bond acceptors (Lipinski definition) is 17. The van der Waals surface area contributed by atoms with E-state index in [2.05, 4.69) is 63.5 Å². The summed E-state index contributed by atoms with van der Waals surface area (Å²) in [5.74, 6) is 1.59. The number of para-hydroxylation sites is 1. The molecule has 5 N–H and O–H groups in total. The van der Waals surface area contributed by atoms with Crippen LogP contribution >= 0.6 is 0 Å². The standard InChI is InChI=1S/C59H74N12O7/c1-36(2)56(59(75)70-35-44(72)26-51(70)58(74)63-37(3)40-13-11-38(31-60)12-14-40)53-30-54(66-78-53)68-23-16-39(17-24-68)32-67-21-18-45(19-22-67)76-46-27-47(28-46)77-55-25-41(15-20-62-55)71-42-7-6-8-43(71)34-69(33-42)50-29-49(64-65-57(50)61)48-9-4-5-10-52(48)73/h4-5,9-15,20,25,29-30,36-37,39,42-47,51,56,72-73H,6-8,16-19,21-24,26-28,32-35H2,1-3H3,(H2,61,65)(H,63,74)/t37-,42+,43?,44+,46?,47?,51-,56+/m0/s1. The van der Waals surface area contributed by atoms with Gasteiger partial charge in [-0.25, -0.2) is 4.98 Å². The number of hydrogen-bond donors (Lipinski definition) is 4. The van der Waals surface area contributed by atoms with Gasteiger partial charge in [-0.1, -0.05) is 43.3 Å². The topological polar surface area (TPSA) is 236 Å². The molecule has 1 saturated carbocycles. The Morgan fingerprint density at radius 3 is 2.32 bits per heavy atom. The maximum atomic E-state index is 14.3. The molecule has 19 nitrogen and oxygen atoms in total. The summed E-state index contributed by atoms with van der Waals surface area (Å²) in [6, 6.07) is 23.8. The van der Waals surface area contributed by atoms with Gasteiger partial charge in [0.25, 0.3) is 0 Å². The number of piperidine rings is 3. The van der Waals surface area contributed by atoms with Crippen LogP contribution in [0.15, 0.2) is 83.5 Å². The van der Waals surface area contributed by atoms with Crippen LogP contribution in [-0.2, 0) is 14.3 Å². The number of aliphatic hydroxyl groups excluding tert-OH is 1. The normalized spacial score (nSPS) is 24.9. The molecular formula is C59H74N12O7. The summed E-state index contributed by atoms with van der Waals surface area (Å²) >= 11 is 0. The number of anilines is 4. The summed E-state index contributed by atoms with van der Waals surface area (Å²) < 4.78 is 19.0. The zero-order chi connectivity index (χ0) is 54.0. The molecule has 6 fully saturated rings. The van der Waals surface area contributed by atoms with Crippen molar-refractivity contribution < 1.29 is 33.8 Å². The predicted molar refractivity (Wildman–Crippen MR) is 295 cm³/mol. The Morgan fingerprint density at radius 1 is 0.859 bits per heavy atom. The number of benzene rings is 2. The fourth-order valence-electron chi connectivity index (χ4n) is 13.0. The van der Waals surface area contributed by atoms with Gasteiger partial charge in [-0.2, -0.15) is 5.26 Å². The number of β-amino-alcohol motifs (C(OH)–C–C–N with tert-alkyl or cyclic N) is 1. The van der Waals surface area contributed by atoms with Crippen molar-refractivity contribution in [2.24, 2.45) is 11.8 Å². The number of nitrogen functional groups attached to an aromatic ring is 1. The first-order chi connectivity index (χ1) is 37.8. The van der Waals surface area contributed by atoms with Crippen molar-refractivity contribution in [2.45, 2.75) is 139 Å². The van der Waals surface area contributed by atoms with Crippen LogP contribution in [0.5, 0.6) is 11.6 Å². The first-order valence-electron chi connectivity index (χ1n) is 28.3. The van der Waals surface area contributed by atoms with Gasteiger partial charge in [0.15, 0.2) is 17.4 Å². The fraction of sp³-hybridized carbons (Fsp3) is 0.542. The molecule has 6 aliphatic rings. The molecule has 8 heterocycles. The Hall–Kier alpha value is -7.01. The third kappa shape index (κ3) is 11.6. The van der Waals surface area contributed by atoms with Gasteiger partial charge in [-0.3, -0.25) is 9.59 Å². The molecule has 0 radical (unpaired) electrons. The largest absolute Gasteiger partial charge is 0.507 e. The molecule has 0 spiro atoms. The predicted octanol–water partition coefficient (Wildman–Crippen LogP) is 6.82. The van der Waals surface area contributed by atoms with E-state index >= 15 is 0 Å². The van der Waals surface area contributed by atoms with E-state index in [0.717, 1.165) is 120 Å². The highest BCUT2D eigenvalue weighted by atomic mass is 16.5. The number of pyridine rings is 1. The molecular weight excluding hydrogens is 989 g/mol. The van der Waals surface area contributed by atoms with Crippen LogP contribution in [0.4, 0.5) is 23.0 Å². The molecule has 1 aliphatic carbocycles. The Bertz CT molecular complexity index is 2910. The number of aliphatic hydroxyl groups is 1. The lowest BCUT2D eigenvalue weighted by atomic mass is 9.90. The number of carbonyl (C=O) groups excluding carboxylic acids is 2. The minimum atomic E-state index is -0.825. The smallest absolute Gasteiger partial charge is 0.243 e. The highest BCUT2D eigenvalue weighted by Gasteiger charge is 2.44. The number of nitrogens with zero attached hydrogens (tertiary/aromatic N) is 10. The van der Waals surface area contributed by atoms with Crippen molar-refractivity contribution in [1.82, 2.24) is 35.5 Å². The highest BCUT2D eigenvalue weighted by molar-refractivity contribution is 5.91. The van der Waals surface area contributed by atoms with Crippen molar-refractivity contribution in [1.29, 1.82) is 5.26 Å². The number of likely N-dealkylation sites (tertiary alicyclic amines) is 2. The third-order valence-electron chi connectivity index (χ3n) is 17.3. The van der Waals surface area contributed by atoms with Crippen molar-refractivity contribution in [3.63, 3.8) is 0 Å². The van der Waals surface area contributed by atoms with Gasteiger partial charge >= 0.3 is 0 Å². The van der Waals surface area contributed by atoms with Crippen LogP contribution < -0.4 is 30.5 Å². The Kier molecular flexibility index (Phi) is 15.7. The van der Waals surface area contributed by atoms with Crippen LogP contribution in [-0.4, -0.2) is 147 Å². The number of nitrogens with one attached hydrogen (secondary N) is 1. The van der Waals surface area contributed by atoms with Gasteiger partial charge in [0.1, 0.15) is 23.8 Å². The molecule has 2 bridgehead atoms. The maximum absolute atomic E-state index is 14.3. The third-order valence-corrected chi connectivity index (χ3v) is 17.3. The fourth-order valence-corrected chi connectivity index (χ4v) is 13.0. The lowest BCUT2D eigenvalue weighted by molar-refractivity contribution is -0.141. The Balaban J connectivity index is 0.604. The molecule has 5 saturated heterocycles. The molecule has 2 aromatic carbocycles. The number of aromatic nitrogens is 4. The minimum Gasteiger partial charge on any atom is -0.507 e. The number of aromatic hydroxyl groups is 1. The zero-order valence-electron chi connectivity index (χ0n) is 45.1. The molecule has 5 aromatic rings. The number of rotatable bonds is 16. The summed E-state index contributed by atoms with van der Waals surface area (Å²) in [6.07, 6.45) is 10.9. The van der Waals surface area contributed by atoms with Gasteiger partial charge in [0, 0.05) is 113 Å². The maximum Gasteiger partial charge on any atom is 0.243 e. The van der Waals surface area contributed by atoms with E-state index in [9.17, 15) is 25.1 Å². The average molecular weight is 1060 g/mol. The summed E-state index contributed by atoms with van der Waals surface area (Å²) in [5.41, 5.74) is 11.0. The van der Waals surface area contributed by atoms with Crippen molar-refractivity contribution in [2.75, 3.05) is 72.8 Å². The van der Waals surface area contributed by atoms with E-state index in [1.54, 1.807) is 24.3 Å². The van der Waals surface area contributed by atoms with Crippen molar-refractivity contribution >= 4 is 34.8 Å². The number of fused-ring (bicyclic) bond motifs is 2. The average Bonchev–Trinajstić information content (AvgIpc) is 4.08. The van der Waals surface area contributed by atoms with Crippen LogP contribution in [0.3, 0.4) is 0 Å². The van der Waals surface area contributed by atoms with Crippen molar-refractivity contribution in [3.05, 3.63) is 95.9 Å². The molecule has 1 unspecified atom stereocenters. The van der Waals surface area contributed by atoms with Gasteiger partial charge in [0.05, 0.1) is 47.4 Å². The molecule has 11 rings (SSSR count). The number of nitrogens with two attached hydrogens (primary N) is 1. The van der Waals surface area contributed by atoms with Crippen LogP contribution in [0.2, 0.25) is 0 Å². The van der Waals surface area contributed by atoms with E-state index in [4.69, 9.17) is 19.7 Å². The molecule has 19 heteroatoms. The van der Waals surface area contributed by atoms with E-state index in [1.807, 2.05) is 63.4 Å². The first-order valence-corrected chi connectivity index (χ1v) is 28.3. The summed E-state index contributed by atoms with van der Waals surface area (Å²) in [7, 11) is 0. The molecule has 3 aromatic heterocycles. The summed E-state index contributed by atoms with van der Waals surface area (Å²) in [6.45, 7) is 12.3. The van der Waals surface area contributed by atoms with E-state index in [-0.39, 0.29) is 72.9 Å². The van der Waals surface area contributed by atoms with E-state index < -0.39 is 18.1 Å². The zero-order valence-corrected chi connectivity index (χ0v) is 45.1. The number of piperazine rings is 1. The summed E-state index contributed by atoms with van der Waals surface area (Å²) in [5, 5.41) is 46.4. The van der Waals surface area contributed by atoms with E-state index in [1.165, 1.54) is 11.3 Å². The number of carbonyl (C=O) groups is 2. The van der Waals surface area contributed by atoms with Gasteiger partial charge in [-0.05, 0) is 106 Å². The van der Waals surface area contributed by atoms with E-state index in [0.29, 0.717) is 40.2 Å². The number of phenols is 1. The molecule has 78 heavy (non-hydrogen) atoms. The number of nitriles is 1.